The summed E-state index contributed by atoms with van der Waals surface area (Å²) in [5.74, 6) is -0.994. The van der Waals surface area contributed by atoms with E-state index in [1.807, 2.05) is 0 Å². The number of Topliss-reactive ketones (excluding diaryl/α,β-unsaturated/α-hetero) is 1. The second-order valence-electron chi connectivity index (χ2n) is 4.62. The molecule has 0 aliphatic heterocycles. The molecule has 0 saturated carbocycles. The van der Waals surface area contributed by atoms with Crippen molar-refractivity contribution in [1.82, 2.24) is 0 Å². The number of benzene rings is 1. The van der Waals surface area contributed by atoms with Crippen molar-refractivity contribution in [2.24, 2.45) is 11.5 Å². The van der Waals surface area contributed by atoms with Gasteiger partial charge in [-0.1, -0.05) is 18.3 Å². The Morgan fingerprint density at radius 2 is 1.75 bits per heavy atom. The molecule has 3 nitrogen and oxygen atoms in total. The zero-order chi connectivity index (χ0) is 15.5. The SMILES string of the molecule is C=C(N)S/C(C(=O)c1ccc(F)cc1)=C(\N)C(C)(C)F. The third-order valence-corrected chi connectivity index (χ3v) is 3.30. The molecule has 1 aromatic rings. The first-order chi connectivity index (χ1) is 9.12. The number of nitrogens with two attached hydrogens (primary N) is 2. The van der Waals surface area contributed by atoms with Crippen LogP contribution in [0.15, 0.2) is 46.5 Å². The van der Waals surface area contributed by atoms with Crippen LogP contribution in [0.5, 0.6) is 0 Å². The Hall–Kier alpha value is -1.82. The van der Waals surface area contributed by atoms with Gasteiger partial charge in [0.05, 0.1) is 15.6 Å². The normalized spacial score (nSPS) is 12.8. The van der Waals surface area contributed by atoms with Gasteiger partial charge in [-0.15, -0.1) is 0 Å². The van der Waals surface area contributed by atoms with Crippen LogP contribution < -0.4 is 11.5 Å². The Kier molecular flexibility index (Phi) is 4.94. The number of halogens is 2. The average molecular weight is 298 g/mol. The molecule has 0 heterocycles. The highest BCUT2D eigenvalue weighted by atomic mass is 32.2. The minimum absolute atomic E-state index is 0.0448. The maximum atomic E-state index is 13.9. The Bertz CT molecular complexity index is 560. The first-order valence-corrected chi connectivity index (χ1v) is 6.56. The predicted molar refractivity (Wildman–Crippen MR) is 78.0 cm³/mol. The van der Waals surface area contributed by atoms with Crippen molar-refractivity contribution >= 4 is 17.5 Å². The molecule has 6 heteroatoms. The molecule has 0 radical (unpaired) electrons. The summed E-state index contributed by atoms with van der Waals surface area (Å²) in [5, 5.41) is 0.114. The van der Waals surface area contributed by atoms with E-state index in [9.17, 15) is 13.6 Å². The smallest absolute Gasteiger partial charge is 0.201 e. The summed E-state index contributed by atoms with van der Waals surface area (Å²) in [6.45, 7) is 5.94. The van der Waals surface area contributed by atoms with Crippen molar-refractivity contribution in [2.45, 2.75) is 19.5 Å². The van der Waals surface area contributed by atoms with Crippen LogP contribution in [0.3, 0.4) is 0 Å². The lowest BCUT2D eigenvalue weighted by atomic mass is 10.0. The molecular weight excluding hydrogens is 282 g/mol. The van der Waals surface area contributed by atoms with Crippen LogP contribution in [0.1, 0.15) is 24.2 Å². The van der Waals surface area contributed by atoms with Gasteiger partial charge in [-0.3, -0.25) is 4.79 Å². The van der Waals surface area contributed by atoms with Crippen molar-refractivity contribution in [1.29, 1.82) is 0 Å². The lowest BCUT2D eigenvalue weighted by Gasteiger charge is -2.19. The number of thioether (sulfide) groups is 1. The monoisotopic (exact) mass is 298 g/mol. The molecule has 1 aromatic carbocycles. The van der Waals surface area contributed by atoms with E-state index >= 15 is 0 Å². The van der Waals surface area contributed by atoms with Crippen LogP contribution in [-0.2, 0) is 0 Å². The van der Waals surface area contributed by atoms with Crippen molar-refractivity contribution < 1.29 is 13.6 Å². The van der Waals surface area contributed by atoms with Crippen LogP contribution in [-0.4, -0.2) is 11.5 Å². The quantitative estimate of drug-likeness (QED) is 0.647. The van der Waals surface area contributed by atoms with E-state index in [-0.39, 0.29) is 21.2 Å². The molecule has 20 heavy (non-hydrogen) atoms. The number of ketones is 1. The van der Waals surface area contributed by atoms with E-state index in [1.54, 1.807) is 0 Å². The number of hydrogen-bond donors (Lipinski definition) is 2. The Morgan fingerprint density at radius 3 is 2.15 bits per heavy atom. The minimum Gasteiger partial charge on any atom is -0.398 e. The summed E-state index contributed by atoms with van der Waals surface area (Å²) >= 11 is 0.796. The summed E-state index contributed by atoms with van der Waals surface area (Å²) in [7, 11) is 0. The minimum atomic E-state index is -1.88. The Balaban J connectivity index is 3.28. The van der Waals surface area contributed by atoms with Gasteiger partial charge < -0.3 is 11.5 Å². The van der Waals surface area contributed by atoms with Crippen molar-refractivity contribution in [3.05, 3.63) is 57.9 Å². The fraction of sp³-hybridized carbons (Fsp3) is 0.214. The molecular formula is C14H16F2N2OS. The van der Waals surface area contributed by atoms with E-state index in [2.05, 4.69) is 6.58 Å². The van der Waals surface area contributed by atoms with Crippen LogP contribution in [0.2, 0.25) is 0 Å². The number of hydrogen-bond acceptors (Lipinski definition) is 4. The first-order valence-electron chi connectivity index (χ1n) is 5.74. The van der Waals surface area contributed by atoms with Gasteiger partial charge in [0.15, 0.2) is 0 Å². The molecule has 0 spiro atoms. The molecule has 108 valence electrons. The number of carbonyl (C=O) groups excluding carboxylic acids is 1. The van der Waals surface area contributed by atoms with Crippen LogP contribution in [0.25, 0.3) is 0 Å². The Morgan fingerprint density at radius 1 is 1.25 bits per heavy atom. The van der Waals surface area contributed by atoms with Crippen molar-refractivity contribution in [3.63, 3.8) is 0 Å². The summed E-state index contributed by atoms with van der Waals surface area (Å²) in [5.41, 5.74) is 9.24. The van der Waals surface area contributed by atoms with Crippen LogP contribution in [0, 0.1) is 5.82 Å². The summed E-state index contributed by atoms with van der Waals surface area (Å²) in [6.07, 6.45) is 0. The van der Waals surface area contributed by atoms with Gasteiger partial charge in [-0.2, -0.15) is 0 Å². The zero-order valence-electron chi connectivity index (χ0n) is 11.2. The van der Waals surface area contributed by atoms with Gasteiger partial charge in [0, 0.05) is 5.56 Å². The standard InChI is InChI=1S/C14H16F2N2OS/c1-8(17)20-12(13(18)14(2,3)16)11(19)9-4-6-10(15)7-5-9/h4-7H,1,17-18H2,2-3H3/b13-12-. The maximum absolute atomic E-state index is 13.9. The number of carbonyl (C=O) groups is 1. The predicted octanol–water partition coefficient (Wildman–Crippen LogP) is 3.09. The topological polar surface area (TPSA) is 69.1 Å². The van der Waals surface area contributed by atoms with Gasteiger partial charge in [-0.05, 0) is 38.1 Å². The zero-order valence-corrected chi connectivity index (χ0v) is 12.1. The van der Waals surface area contributed by atoms with E-state index < -0.39 is 17.3 Å². The molecule has 0 amide bonds. The number of allylic oxidation sites excluding steroid dienone is 2. The lowest BCUT2D eigenvalue weighted by Crippen LogP contribution is -2.26. The second kappa shape index (κ2) is 6.09. The highest BCUT2D eigenvalue weighted by molar-refractivity contribution is 8.07. The third kappa shape index (κ3) is 4.09. The van der Waals surface area contributed by atoms with Crippen molar-refractivity contribution in [2.75, 3.05) is 0 Å². The van der Waals surface area contributed by atoms with E-state index in [1.165, 1.54) is 26.0 Å². The average Bonchev–Trinajstić information content (AvgIpc) is 2.34. The van der Waals surface area contributed by atoms with Gasteiger partial charge in [-0.25, -0.2) is 8.78 Å². The highest BCUT2D eigenvalue weighted by Gasteiger charge is 2.27. The third-order valence-electron chi connectivity index (χ3n) is 2.43. The van der Waals surface area contributed by atoms with Crippen LogP contribution in [0.4, 0.5) is 8.78 Å². The molecule has 0 aliphatic carbocycles. The van der Waals surface area contributed by atoms with Crippen molar-refractivity contribution in [3.8, 4) is 0 Å². The van der Waals surface area contributed by atoms with Gasteiger partial charge in [0.2, 0.25) is 5.78 Å². The number of alkyl halides is 1. The molecule has 0 atom stereocenters. The maximum Gasteiger partial charge on any atom is 0.201 e. The van der Waals surface area contributed by atoms with Gasteiger partial charge in [0.1, 0.15) is 11.5 Å². The Labute approximate surface area is 120 Å². The van der Waals surface area contributed by atoms with E-state index in [0.29, 0.717) is 0 Å². The molecule has 0 bridgehead atoms. The second-order valence-corrected chi connectivity index (χ2v) is 5.76. The molecule has 4 N–H and O–H groups in total. The van der Waals surface area contributed by atoms with E-state index in [4.69, 9.17) is 11.5 Å². The molecule has 0 fully saturated rings. The molecule has 0 unspecified atom stereocenters. The fourth-order valence-electron chi connectivity index (χ4n) is 1.36. The van der Waals surface area contributed by atoms with Gasteiger partial charge >= 0.3 is 0 Å². The summed E-state index contributed by atoms with van der Waals surface area (Å²) in [6, 6.07) is 4.89. The molecule has 0 aromatic heterocycles. The van der Waals surface area contributed by atoms with E-state index in [0.717, 1.165) is 23.9 Å². The molecule has 0 aliphatic rings. The summed E-state index contributed by atoms with van der Waals surface area (Å²) < 4.78 is 26.8. The molecule has 0 saturated heterocycles. The highest BCUT2D eigenvalue weighted by Crippen LogP contribution is 2.31. The fourth-order valence-corrected chi connectivity index (χ4v) is 2.18. The summed E-state index contributed by atoms with van der Waals surface area (Å²) in [4.78, 5) is 12.3. The van der Waals surface area contributed by atoms with Crippen LogP contribution >= 0.6 is 11.8 Å². The lowest BCUT2D eigenvalue weighted by molar-refractivity contribution is 0.103. The molecule has 1 rings (SSSR count). The first kappa shape index (κ1) is 16.2. The number of rotatable bonds is 5. The largest absolute Gasteiger partial charge is 0.398 e. The van der Waals surface area contributed by atoms with Gasteiger partial charge in [0.25, 0.3) is 0 Å².